The molecule has 24 heavy (non-hydrogen) atoms. The summed E-state index contributed by atoms with van der Waals surface area (Å²) < 4.78 is 13.3. The Morgan fingerprint density at radius 1 is 1.33 bits per heavy atom. The van der Waals surface area contributed by atoms with Crippen molar-refractivity contribution in [2.24, 2.45) is 0 Å². The Kier molecular flexibility index (Phi) is 6.26. The molecule has 2 aliphatic rings. The number of carbonyl (C=O) groups is 1. The Balaban J connectivity index is 1.49. The summed E-state index contributed by atoms with van der Waals surface area (Å²) in [6.07, 6.45) is 10.7. The molecule has 0 bridgehead atoms. The zero-order valence-electron chi connectivity index (χ0n) is 14.6. The number of ether oxygens (including phenoxy) is 2. The summed E-state index contributed by atoms with van der Waals surface area (Å²) in [5.41, 5.74) is 0. The molecule has 1 N–H and O–H groups in total. The lowest BCUT2D eigenvalue weighted by Gasteiger charge is -2.25. The second-order valence-corrected chi connectivity index (χ2v) is 6.91. The quantitative estimate of drug-likeness (QED) is 0.866. The molecule has 1 amide bonds. The van der Waals surface area contributed by atoms with Crippen molar-refractivity contribution in [1.82, 2.24) is 9.78 Å². The number of nitrogens with zero attached hydrogens (tertiary/aromatic N) is 2. The van der Waals surface area contributed by atoms with Crippen LogP contribution >= 0.6 is 0 Å². The van der Waals surface area contributed by atoms with Gasteiger partial charge in [0, 0.05) is 12.7 Å². The molecule has 134 valence electrons. The molecule has 0 spiro atoms. The summed E-state index contributed by atoms with van der Waals surface area (Å²) in [6.45, 7) is 3.07. The van der Waals surface area contributed by atoms with E-state index in [0.29, 0.717) is 12.6 Å². The maximum Gasteiger partial charge on any atom is 0.254 e. The van der Waals surface area contributed by atoms with Crippen LogP contribution in [0.5, 0.6) is 0 Å². The van der Waals surface area contributed by atoms with E-state index in [0.717, 1.165) is 38.1 Å². The number of rotatable bonds is 6. The van der Waals surface area contributed by atoms with Gasteiger partial charge in [-0.3, -0.25) is 4.79 Å². The van der Waals surface area contributed by atoms with E-state index >= 15 is 0 Å². The number of hydrogen-bond acceptors (Lipinski definition) is 4. The molecule has 1 aromatic heterocycles. The Morgan fingerprint density at radius 3 is 2.88 bits per heavy atom. The average Bonchev–Trinajstić information content (AvgIpc) is 3.09. The van der Waals surface area contributed by atoms with Crippen molar-refractivity contribution in [1.29, 1.82) is 0 Å². The van der Waals surface area contributed by atoms with E-state index in [2.05, 4.69) is 10.4 Å². The topological polar surface area (TPSA) is 65.4 Å². The van der Waals surface area contributed by atoms with E-state index < -0.39 is 6.10 Å². The highest BCUT2D eigenvalue weighted by molar-refractivity contribution is 5.93. The van der Waals surface area contributed by atoms with Gasteiger partial charge in [-0.25, -0.2) is 4.68 Å². The number of hydrogen-bond donors (Lipinski definition) is 1. The van der Waals surface area contributed by atoms with Crippen molar-refractivity contribution in [2.45, 2.75) is 76.5 Å². The van der Waals surface area contributed by atoms with Crippen LogP contribution in [0.1, 0.15) is 64.3 Å². The first-order valence-corrected chi connectivity index (χ1v) is 9.31. The molecule has 0 radical (unpaired) electrons. The number of aromatic nitrogens is 2. The Bertz CT molecular complexity index is 519. The van der Waals surface area contributed by atoms with Crippen LogP contribution in [0.25, 0.3) is 0 Å². The molecule has 1 aliphatic heterocycles. The van der Waals surface area contributed by atoms with Gasteiger partial charge in [0.05, 0.1) is 24.9 Å². The van der Waals surface area contributed by atoms with Crippen LogP contribution in [0.4, 0.5) is 5.82 Å². The lowest BCUT2D eigenvalue weighted by molar-refractivity contribution is -0.130. The third-order valence-electron chi connectivity index (χ3n) is 5.02. The minimum absolute atomic E-state index is 0.122. The van der Waals surface area contributed by atoms with Gasteiger partial charge < -0.3 is 14.8 Å². The zero-order valence-corrected chi connectivity index (χ0v) is 14.6. The minimum Gasteiger partial charge on any atom is -0.376 e. The molecule has 6 heteroatoms. The van der Waals surface area contributed by atoms with E-state index in [1.165, 1.54) is 25.7 Å². The summed E-state index contributed by atoms with van der Waals surface area (Å²) in [5, 5.41) is 7.38. The van der Waals surface area contributed by atoms with E-state index in [9.17, 15) is 4.79 Å². The smallest absolute Gasteiger partial charge is 0.254 e. The first kappa shape index (κ1) is 17.4. The lowest BCUT2D eigenvalue weighted by Crippen LogP contribution is -2.33. The van der Waals surface area contributed by atoms with E-state index in [1.807, 2.05) is 10.7 Å². The van der Waals surface area contributed by atoms with Crippen molar-refractivity contribution in [3.63, 3.8) is 0 Å². The van der Waals surface area contributed by atoms with Crippen LogP contribution in [0, 0.1) is 0 Å². The van der Waals surface area contributed by atoms with Gasteiger partial charge in [0.2, 0.25) is 0 Å². The van der Waals surface area contributed by atoms with Gasteiger partial charge in [-0.05, 0) is 39.0 Å². The highest BCUT2D eigenvalue weighted by atomic mass is 16.5. The van der Waals surface area contributed by atoms with Gasteiger partial charge >= 0.3 is 0 Å². The Hall–Kier alpha value is -1.40. The third-order valence-corrected chi connectivity index (χ3v) is 5.02. The third kappa shape index (κ3) is 4.57. The highest BCUT2D eigenvalue weighted by Crippen LogP contribution is 2.29. The van der Waals surface area contributed by atoms with Crippen LogP contribution in [-0.2, 0) is 14.3 Å². The molecule has 0 aromatic carbocycles. The van der Waals surface area contributed by atoms with Gasteiger partial charge in [0.1, 0.15) is 11.9 Å². The van der Waals surface area contributed by atoms with Gasteiger partial charge in [0.25, 0.3) is 5.91 Å². The molecular weight excluding hydrogens is 306 g/mol. The van der Waals surface area contributed by atoms with E-state index in [4.69, 9.17) is 9.47 Å². The molecule has 3 rings (SSSR count). The van der Waals surface area contributed by atoms with E-state index in [1.54, 1.807) is 13.1 Å². The summed E-state index contributed by atoms with van der Waals surface area (Å²) in [6, 6.07) is 2.26. The molecule has 1 aromatic rings. The molecule has 2 heterocycles. The van der Waals surface area contributed by atoms with Gasteiger partial charge in [-0.1, -0.05) is 19.3 Å². The monoisotopic (exact) mass is 335 g/mol. The van der Waals surface area contributed by atoms with Gasteiger partial charge in [0.15, 0.2) is 0 Å². The molecule has 1 saturated carbocycles. The van der Waals surface area contributed by atoms with E-state index in [-0.39, 0.29) is 12.0 Å². The fraction of sp³-hybridized carbons (Fsp3) is 0.778. The highest BCUT2D eigenvalue weighted by Gasteiger charge is 2.22. The van der Waals surface area contributed by atoms with Crippen LogP contribution in [0.15, 0.2) is 12.3 Å². The van der Waals surface area contributed by atoms with Crippen molar-refractivity contribution >= 4 is 11.7 Å². The molecule has 2 fully saturated rings. The molecular formula is C18H29N3O3. The summed E-state index contributed by atoms with van der Waals surface area (Å²) >= 11 is 0. The number of nitrogens with one attached hydrogen (secondary N) is 1. The predicted molar refractivity (Wildman–Crippen MR) is 92.0 cm³/mol. The normalized spacial score (nSPS) is 23.8. The summed E-state index contributed by atoms with van der Waals surface area (Å²) in [7, 11) is 0. The fourth-order valence-corrected chi connectivity index (χ4v) is 3.52. The minimum atomic E-state index is -0.495. The van der Waals surface area contributed by atoms with Crippen molar-refractivity contribution in [3.05, 3.63) is 12.3 Å². The zero-order chi connectivity index (χ0) is 16.8. The number of carbonyl (C=O) groups excluding carboxylic acids is 1. The maximum atomic E-state index is 12.4. The molecule has 1 saturated heterocycles. The van der Waals surface area contributed by atoms with Crippen LogP contribution < -0.4 is 5.32 Å². The van der Waals surface area contributed by atoms with Crippen LogP contribution in [0.2, 0.25) is 0 Å². The van der Waals surface area contributed by atoms with Crippen LogP contribution in [-0.4, -0.2) is 41.1 Å². The molecule has 2 atom stereocenters. The SMILES string of the molecule is CC(OCC1CCCCO1)C(=O)Nc1ccnn1C1CCCCC1. The first-order chi connectivity index (χ1) is 11.7. The lowest BCUT2D eigenvalue weighted by atomic mass is 9.96. The van der Waals surface area contributed by atoms with Gasteiger partial charge in [-0.15, -0.1) is 0 Å². The summed E-state index contributed by atoms with van der Waals surface area (Å²) in [5.74, 6) is 0.652. The first-order valence-electron chi connectivity index (χ1n) is 9.31. The van der Waals surface area contributed by atoms with Gasteiger partial charge in [-0.2, -0.15) is 5.10 Å². The largest absolute Gasteiger partial charge is 0.376 e. The molecule has 6 nitrogen and oxygen atoms in total. The second kappa shape index (κ2) is 8.62. The van der Waals surface area contributed by atoms with Crippen molar-refractivity contribution in [2.75, 3.05) is 18.5 Å². The van der Waals surface area contributed by atoms with Crippen molar-refractivity contribution in [3.8, 4) is 0 Å². The summed E-state index contributed by atoms with van der Waals surface area (Å²) in [4.78, 5) is 12.4. The van der Waals surface area contributed by atoms with Crippen molar-refractivity contribution < 1.29 is 14.3 Å². The molecule has 2 unspecified atom stereocenters. The maximum absolute atomic E-state index is 12.4. The molecule has 1 aliphatic carbocycles. The number of anilines is 1. The van der Waals surface area contributed by atoms with Crippen LogP contribution in [0.3, 0.4) is 0 Å². The number of amides is 1. The fourth-order valence-electron chi connectivity index (χ4n) is 3.52. The average molecular weight is 335 g/mol. The predicted octanol–water partition coefficient (Wildman–Crippen LogP) is 3.30. The Morgan fingerprint density at radius 2 is 2.12 bits per heavy atom. The second-order valence-electron chi connectivity index (χ2n) is 6.91. The standard InChI is InChI=1S/C18H29N3O3/c1-14(24-13-16-9-5-6-12-23-16)18(22)20-17-10-11-19-21(17)15-7-3-2-4-8-15/h10-11,14-16H,2-9,12-13H2,1H3,(H,20,22). The Labute approximate surface area is 143 Å².